The van der Waals surface area contributed by atoms with Crippen LogP contribution in [0.1, 0.15) is 12.8 Å². The number of aliphatic hydroxyl groups is 1. The molecule has 0 aromatic carbocycles. The van der Waals surface area contributed by atoms with Gasteiger partial charge in [0.15, 0.2) is 0 Å². The maximum atomic E-state index is 12.4. The summed E-state index contributed by atoms with van der Waals surface area (Å²) in [5, 5.41) is 13.7. The molecule has 8 heteroatoms. The number of morpholine rings is 1. The van der Waals surface area contributed by atoms with E-state index in [1.165, 1.54) is 6.33 Å². The Hall–Kier alpha value is -1.51. The molecule has 2 aliphatic heterocycles. The molecule has 0 aliphatic carbocycles. The molecule has 2 saturated heterocycles. The molecule has 1 aromatic heterocycles. The van der Waals surface area contributed by atoms with Gasteiger partial charge in [-0.15, -0.1) is 0 Å². The second-order valence-corrected chi connectivity index (χ2v) is 6.68. The van der Waals surface area contributed by atoms with Gasteiger partial charge in [-0.05, 0) is 12.3 Å². The summed E-state index contributed by atoms with van der Waals surface area (Å²) < 4.78 is 7.13. The van der Waals surface area contributed by atoms with E-state index in [1.807, 2.05) is 4.90 Å². The number of carbonyl (C=O) groups excluding carboxylic acids is 1. The third-order valence-corrected chi connectivity index (χ3v) is 5.00. The van der Waals surface area contributed by atoms with Crippen molar-refractivity contribution in [1.29, 1.82) is 0 Å². The van der Waals surface area contributed by atoms with Crippen molar-refractivity contribution >= 4 is 5.91 Å². The van der Waals surface area contributed by atoms with Crippen molar-refractivity contribution in [2.24, 2.45) is 11.8 Å². The molecule has 0 bridgehead atoms. The fourth-order valence-electron chi connectivity index (χ4n) is 3.57. The Morgan fingerprint density at radius 3 is 2.75 bits per heavy atom. The largest absolute Gasteiger partial charge is 0.396 e. The first-order valence-electron chi connectivity index (χ1n) is 8.77. The number of likely N-dealkylation sites (tertiary alicyclic amines) is 1. The van der Waals surface area contributed by atoms with Crippen molar-refractivity contribution in [3.05, 3.63) is 12.7 Å². The number of carbonyl (C=O) groups is 1. The van der Waals surface area contributed by atoms with Crippen molar-refractivity contribution in [3.8, 4) is 0 Å². The van der Waals surface area contributed by atoms with Crippen LogP contribution in [0, 0.1) is 11.8 Å². The van der Waals surface area contributed by atoms with Crippen molar-refractivity contribution in [2.45, 2.75) is 19.4 Å². The Labute approximate surface area is 142 Å². The monoisotopic (exact) mass is 337 g/mol. The number of amides is 1. The minimum absolute atomic E-state index is 0.151. The fourth-order valence-corrected chi connectivity index (χ4v) is 3.57. The van der Waals surface area contributed by atoms with Crippen LogP contribution < -0.4 is 0 Å². The Kier molecular flexibility index (Phi) is 6.17. The fraction of sp³-hybridized carbons (Fsp3) is 0.812. The minimum Gasteiger partial charge on any atom is -0.396 e. The molecule has 2 aliphatic rings. The Bertz CT molecular complexity index is 504. The van der Waals surface area contributed by atoms with Gasteiger partial charge in [-0.25, -0.2) is 4.98 Å². The molecule has 0 saturated carbocycles. The summed E-state index contributed by atoms with van der Waals surface area (Å²) >= 11 is 0. The van der Waals surface area contributed by atoms with Crippen molar-refractivity contribution in [3.63, 3.8) is 0 Å². The first-order chi connectivity index (χ1) is 11.8. The molecule has 24 heavy (non-hydrogen) atoms. The molecule has 0 spiro atoms. The molecule has 0 unspecified atom stereocenters. The standard InChI is InChI=1S/C16H27N5O3/c22-11-15-10-20(9-14(15)8-19-4-6-24-7-5-19)16(23)2-1-3-21-13-17-12-18-21/h12-15,22H,1-11H2/t14-,15-/m1/s1. The quantitative estimate of drug-likeness (QED) is 0.719. The first-order valence-corrected chi connectivity index (χ1v) is 8.77. The van der Waals surface area contributed by atoms with E-state index in [9.17, 15) is 9.90 Å². The molecule has 2 atom stereocenters. The van der Waals surface area contributed by atoms with Crippen LogP contribution in [0.4, 0.5) is 0 Å². The smallest absolute Gasteiger partial charge is 0.222 e. The van der Waals surface area contributed by atoms with E-state index in [1.54, 1.807) is 11.0 Å². The lowest BCUT2D eigenvalue weighted by atomic mass is 9.96. The molecular formula is C16H27N5O3. The van der Waals surface area contributed by atoms with Crippen molar-refractivity contribution in [1.82, 2.24) is 24.6 Å². The van der Waals surface area contributed by atoms with Gasteiger partial charge in [0.2, 0.25) is 5.91 Å². The number of ether oxygens (including phenoxy) is 1. The summed E-state index contributed by atoms with van der Waals surface area (Å²) in [6, 6.07) is 0. The summed E-state index contributed by atoms with van der Waals surface area (Å²) in [6.45, 7) is 6.68. The van der Waals surface area contributed by atoms with E-state index in [4.69, 9.17) is 4.74 Å². The zero-order chi connectivity index (χ0) is 16.8. The van der Waals surface area contributed by atoms with Gasteiger partial charge in [0, 0.05) is 58.2 Å². The lowest BCUT2D eigenvalue weighted by Crippen LogP contribution is -2.41. The Morgan fingerprint density at radius 2 is 2.04 bits per heavy atom. The molecule has 1 amide bonds. The predicted molar refractivity (Wildman–Crippen MR) is 87.2 cm³/mol. The normalized spacial score (nSPS) is 25.3. The molecule has 8 nitrogen and oxygen atoms in total. The van der Waals surface area contributed by atoms with E-state index in [0.717, 1.165) is 45.8 Å². The highest BCUT2D eigenvalue weighted by molar-refractivity contribution is 5.76. The van der Waals surface area contributed by atoms with Crippen LogP contribution in [0.15, 0.2) is 12.7 Å². The molecule has 1 N–H and O–H groups in total. The third-order valence-electron chi connectivity index (χ3n) is 5.00. The van der Waals surface area contributed by atoms with Gasteiger partial charge in [0.1, 0.15) is 12.7 Å². The van der Waals surface area contributed by atoms with Gasteiger partial charge in [0.05, 0.1) is 13.2 Å². The zero-order valence-corrected chi connectivity index (χ0v) is 14.1. The second kappa shape index (κ2) is 8.55. The van der Waals surface area contributed by atoms with Gasteiger partial charge in [-0.2, -0.15) is 5.10 Å². The van der Waals surface area contributed by atoms with Crippen molar-refractivity contribution < 1.29 is 14.6 Å². The number of rotatable bonds is 7. The molecule has 1 aromatic rings. The number of aromatic nitrogens is 3. The molecule has 134 valence electrons. The van der Waals surface area contributed by atoms with Gasteiger partial charge >= 0.3 is 0 Å². The van der Waals surface area contributed by atoms with E-state index in [0.29, 0.717) is 25.4 Å². The molecule has 3 heterocycles. The van der Waals surface area contributed by atoms with Crippen LogP contribution in [-0.4, -0.2) is 88.1 Å². The van der Waals surface area contributed by atoms with E-state index >= 15 is 0 Å². The maximum Gasteiger partial charge on any atom is 0.222 e. The maximum absolute atomic E-state index is 12.4. The van der Waals surface area contributed by atoms with E-state index in [2.05, 4.69) is 15.0 Å². The van der Waals surface area contributed by atoms with Crippen LogP contribution in [0.5, 0.6) is 0 Å². The van der Waals surface area contributed by atoms with Crippen LogP contribution in [0.25, 0.3) is 0 Å². The number of aryl methyl sites for hydroxylation is 1. The van der Waals surface area contributed by atoms with Gasteiger partial charge in [-0.1, -0.05) is 0 Å². The average molecular weight is 337 g/mol. The average Bonchev–Trinajstić information content (AvgIpc) is 3.25. The highest BCUT2D eigenvalue weighted by atomic mass is 16.5. The Balaban J connectivity index is 1.44. The topological polar surface area (TPSA) is 83.7 Å². The summed E-state index contributed by atoms with van der Waals surface area (Å²) in [5.41, 5.74) is 0. The first kappa shape index (κ1) is 17.3. The lowest BCUT2D eigenvalue weighted by molar-refractivity contribution is -0.130. The summed E-state index contributed by atoms with van der Waals surface area (Å²) in [7, 11) is 0. The van der Waals surface area contributed by atoms with E-state index in [-0.39, 0.29) is 18.4 Å². The molecule has 0 radical (unpaired) electrons. The van der Waals surface area contributed by atoms with Gasteiger partial charge < -0.3 is 14.7 Å². The lowest BCUT2D eigenvalue weighted by Gasteiger charge is -2.30. The number of hydrogen-bond acceptors (Lipinski definition) is 6. The van der Waals surface area contributed by atoms with Crippen LogP contribution >= 0.6 is 0 Å². The van der Waals surface area contributed by atoms with Crippen LogP contribution in [0.2, 0.25) is 0 Å². The summed E-state index contributed by atoms with van der Waals surface area (Å²) in [5.74, 6) is 0.720. The Morgan fingerprint density at radius 1 is 1.25 bits per heavy atom. The third kappa shape index (κ3) is 4.52. The number of aliphatic hydroxyl groups excluding tert-OH is 1. The van der Waals surface area contributed by atoms with Crippen LogP contribution in [-0.2, 0) is 16.1 Å². The highest BCUT2D eigenvalue weighted by Crippen LogP contribution is 2.25. The van der Waals surface area contributed by atoms with Gasteiger partial charge in [0.25, 0.3) is 0 Å². The molecule has 3 rings (SSSR count). The van der Waals surface area contributed by atoms with E-state index < -0.39 is 0 Å². The van der Waals surface area contributed by atoms with Crippen LogP contribution in [0.3, 0.4) is 0 Å². The summed E-state index contributed by atoms with van der Waals surface area (Å²) in [6.07, 6.45) is 4.45. The number of nitrogens with zero attached hydrogens (tertiary/aromatic N) is 5. The molecule has 2 fully saturated rings. The summed E-state index contributed by atoms with van der Waals surface area (Å²) in [4.78, 5) is 20.6. The molecular weight excluding hydrogens is 310 g/mol. The minimum atomic E-state index is 0.151. The zero-order valence-electron chi connectivity index (χ0n) is 14.1. The van der Waals surface area contributed by atoms with Crippen molar-refractivity contribution in [2.75, 3.05) is 52.5 Å². The number of hydrogen-bond donors (Lipinski definition) is 1. The second-order valence-electron chi connectivity index (χ2n) is 6.68. The predicted octanol–water partition coefficient (Wildman–Crippen LogP) is -0.543. The highest BCUT2D eigenvalue weighted by Gasteiger charge is 2.35. The SMILES string of the molecule is O=C(CCCn1cncn1)N1C[C@@H](CN2CCOCC2)[C@@H](CO)C1. The van der Waals surface area contributed by atoms with Gasteiger partial charge in [-0.3, -0.25) is 14.4 Å².